The lowest BCUT2D eigenvalue weighted by Crippen LogP contribution is -2.62. The topological polar surface area (TPSA) is 161 Å². The molecule has 0 saturated heterocycles. The molecule has 2 aromatic heterocycles. The van der Waals surface area contributed by atoms with Crippen LogP contribution in [0.5, 0.6) is 5.75 Å². The molecule has 3 aromatic rings. The van der Waals surface area contributed by atoms with Gasteiger partial charge in [0.05, 0.1) is 53.5 Å². The summed E-state index contributed by atoms with van der Waals surface area (Å²) in [4.78, 5) is 37.5. The number of benzene rings is 1. The molecule has 53 heavy (non-hydrogen) atoms. The Kier molecular flexibility index (Phi) is 12.5. The summed E-state index contributed by atoms with van der Waals surface area (Å²) in [6.45, 7) is 0.474. The second-order valence-corrected chi connectivity index (χ2v) is 12.2. The predicted molar refractivity (Wildman–Crippen MR) is 167 cm³/mol. The Morgan fingerprint density at radius 3 is 2.17 bits per heavy atom. The number of carbonyl (C=O) groups excluding carboxylic acids is 1. The van der Waals surface area contributed by atoms with E-state index in [-0.39, 0.29) is 73.6 Å². The van der Waals surface area contributed by atoms with Gasteiger partial charge in [0.25, 0.3) is 0 Å². The quantitative estimate of drug-likeness (QED) is 0.121. The molecule has 11 nitrogen and oxygen atoms in total. The lowest BCUT2D eigenvalue weighted by Gasteiger charge is -2.46. The van der Waals surface area contributed by atoms with Gasteiger partial charge < -0.3 is 25.4 Å². The van der Waals surface area contributed by atoms with E-state index in [9.17, 15) is 54.2 Å². The number of aliphatic hydroxyl groups is 1. The molecule has 1 aliphatic heterocycles. The van der Waals surface area contributed by atoms with Crippen LogP contribution in [0.4, 0.5) is 50.0 Å². The predicted octanol–water partition coefficient (Wildman–Crippen LogP) is 7.08. The van der Waals surface area contributed by atoms with Gasteiger partial charge in [0.15, 0.2) is 5.75 Å². The lowest BCUT2D eigenvalue weighted by molar-refractivity contribution is -0.143. The minimum absolute atomic E-state index is 0.00726. The van der Waals surface area contributed by atoms with E-state index in [4.69, 9.17) is 20.3 Å². The number of hydrogen-bond acceptors (Lipinski definition) is 9. The zero-order chi connectivity index (χ0) is 39.4. The number of aliphatic hydroxyl groups excluding tert-OH is 1. The highest BCUT2D eigenvalue weighted by Gasteiger charge is 2.48. The molecule has 0 fully saturated rings. The van der Waals surface area contributed by atoms with Gasteiger partial charge in [-0.15, -0.1) is 0 Å². The summed E-state index contributed by atoms with van der Waals surface area (Å²) in [5.74, 6) is -2.85. The van der Waals surface area contributed by atoms with Crippen molar-refractivity contribution in [2.75, 3.05) is 24.7 Å². The van der Waals surface area contributed by atoms with Crippen LogP contribution in [0.2, 0.25) is 0 Å². The summed E-state index contributed by atoms with van der Waals surface area (Å²) in [5, 5.41) is 18.1. The van der Waals surface area contributed by atoms with E-state index >= 15 is 0 Å². The van der Waals surface area contributed by atoms with E-state index < -0.39 is 77.6 Å². The van der Waals surface area contributed by atoms with Crippen molar-refractivity contribution in [2.24, 2.45) is 5.73 Å². The van der Waals surface area contributed by atoms with Gasteiger partial charge in [0.2, 0.25) is 0 Å². The number of aromatic nitrogens is 3. The SMILES string of the molecule is CC[C@]1(N)C[C@H](c2ncc(OCCO)c(Cc3cc(C(F)(F)F)cc(C(F)(F)F)c3)n2)c2nc(C(F)(F)F)ccc2N1C(=O)OCCCCCC(=O)O. The number of carbonyl (C=O) groups is 2. The number of alkyl halides is 9. The maximum Gasteiger partial charge on any atom is 0.433 e. The van der Waals surface area contributed by atoms with E-state index in [0.29, 0.717) is 31.0 Å². The van der Waals surface area contributed by atoms with Crippen molar-refractivity contribution in [3.05, 3.63) is 76.1 Å². The molecule has 4 N–H and O–H groups in total. The number of anilines is 1. The molecule has 20 heteroatoms. The first-order valence-electron chi connectivity index (χ1n) is 16.1. The molecule has 0 radical (unpaired) electrons. The number of nitrogens with two attached hydrogens (primary N) is 1. The normalized spacial score (nSPS) is 17.7. The number of nitrogens with zero attached hydrogens (tertiary/aromatic N) is 4. The van der Waals surface area contributed by atoms with Gasteiger partial charge in [-0.2, -0.15) is 39.5 Å². The van der Waals surface area contributed by atoms with Crippen molar-refractivity contribution >= 4 is 17.7 Å². The molecule has 0 unspecified atom stereocenters. The summed E-state index contributed by atoms with van der Waals surface area (Å²) >= 11 is 0. The number of carboxylic acids is 1. The van der Waals surface area contributed by atoms with Gasteiger partial charge in [0, 0.05) is 12.8 Å². The van der Waals surface area contributed by atoms with Crippen molar-refractivity contribution in [3.8, 4) is 5.75 Å². The number of pyridine rings is 1. The van der Waals surface area contributed by atoms with E-state index in [1.54, 1.807) is 6.92 Å². The fourth-order valence-electron chi connectivity index (χ4n) is 5.73. The fourth-order valence-corrected chi connectivity index (χ4v) is 5.73. The first-order valence-corrected chi connectivity index (χ1v) is 16.1. The molecule has 0 spiro atoms. The number of ether oxygens (including phenoxy) is 2. The van der Waals surface area contributed by atoms with Crippen molar-refractivity contribution in [3.63, 3.8) is 0 Å². The molecule has 1 aromatic carbocycles. The van der Waals surface area contributed by atoms with Crippen molar-refractivity contribution in [2.45, 2.75) is 82.0 Å². The van der Waals surface area contributed by atoms with E-state index in [2.05, 4.69) is 15.0 Å². The van der Waals surface area contributed by atoms with Gasteiger partial charge in [-0.25, -0.2) is 19.7 Å². The molecule has 2 atom stereocenters. The van der Waals surface area contributed by atoms with E-state index in [1.165, 1.54) is 0 Å². The van der Waals surface area contributed by atoms with Crippen LogP contribution in [0.25, 0.3) is 0 Å². The molecule has 0 bridgehead atoms. The van der Waals surface area contributed by atoms with Crippen LogP contribution in [0, 0.1) is 0 Å². The third-order valence-electron chi connectivity index (χ3n) is 8.35. The molecule has 0 aliphatic carbocycles. The highest BCUT2D eigenvalue weighted by Crippen LogP contribution is 2.46. The number of carboxylic acid groups (broad SMARTS) is 1. The van der Waals surface area contributed by atoms with Crippen LogP contribution in [0.15, 0.2) is 36.5 Å². The summed E-state index contributed by atoms with van der Waals surface area (Å²) < 4.78 is 134. The van der Waals surface area contributed by atoms with E-state index in [1.807, 2.05) is 0 Å². The molecule has 4 rings (SSSR count). The second-order valence-electron chi connectivity index (χ2n) is 12.2. The largest absolute Gasteiger partial charge is 0.488 e. The highest BCUT2D eigenvalue weighted by atomic mass is 19.4. The molecule has 3 heterocycles. The van der Waals surface area contributed by atoms with Crippen LogP contribution in [0.3, 0.4) is 0 Å². The molecule has 0 saturated carbocycles. The summed E-state index contributed by atoms with van der Waals surface area (Å²) in [6.07, 6.45) is -15.5. The number of halogens is 9. The van der Waals surface area contributed by atoms with Crippen LogP contribution in [-0.2, 0) is 34.5 Å². The first-order chi connectivity index (χ1) is 24.7. The number of amides is 1. The van der Waals surface area contributed by atoms with Crippen molar-refractivity contribution in [1.82, 2.24) is 15.0 Å². The maximum absolute atomic E-state index is 13.9. The van der Waals surface area contributed by atoms with Crippen LogP contribution < -0.4 is 15.4 Å². The highest BCUT2D eigenvalue weighted by molar-refractivity contribution is 5.91. The standard InChI is InChI=1S/C33H34F9N5O6/c1-2-30(43)16-21(27-23(7-8-25(46-27)33(40,41)42)47(30)29(51)53-10-5-3-4-6-26(49)50)28-44-17-24(52-11-9-48)22(45-28)14-18-12-19(31(34,35)36)15-20(13-18)32(37,38)39/h7-8,12-13,15,17,21,48H,2-6,9-11,14,16,43H2,1H3,(H,49,50)/t21-,30+/m0/s1. The minimum atomic E-state index is -5.16. The maximum atomic E-state index is 13.9. The summed E-state index contributed by atoms with van der Waals surface area (Å²) in [6, 6.07) is 2.50. The van der Waals surface area contributed by atoms with Crippen LogP contribution in [0.1, 0.15) is 91.0 Å². The Balaban J connectivity index is 1.81. The second kappa shape index (κ2) is 16.1. The van der Waals surface area contributed by atoms with E-state index in [0.717, 1.165) is 17.2 Å². The molecular weight excluding hydrogens is 733 g/mol. The molecule has 1 aliphatic rings. The summed E-state index contributed by atoms with van der Waals surface area (Å²) in [7, 11) is 0. The minimum Gasteiger partial charge on any atom is -0.488 e. The van der Waals surface area contributed by atoms with Crippen molar-refractivity contribution in [1.29, 1.82) is 0 Å². The lowest BCUT2D eigenvalue weighted by atomic mass is 9.83. The van der Waals surface area contributed by atoms with Crippen LogP contribution >= 0.6 is 0 Å². The average molecular weight is 768 g/mol. The van der Waals surface area contributed by atoms with Gasteiger partial charge in [-0.3, -0.25) is 9.69 Å². The van der Waals surface area contributed by atoms with Gasteiger partial charge in [-0.05, 0) is 68.0 Å². The summed E-state index contributed by atoms with van der Waals surface area (Å²) in [5.41, 5.74) is -0.843. The Morgan fingerprint density at radius 2 is 1.60 bits per heavy atom. The Hall–Kier alpha value is -4.72. The van der Waals surface area contributed by atoms with Crippen molar-refractivity contribution < 1.29 is 68.8 Å². The Bertz CT molecular complexity index is 1760. The smallest absolute Gasteiger partial charge is 0.433 e. The van der Waals surface area contributed by atoms with Crippen LogP contribution in [-0.4, -0.2) is 62.7 Å². The fraction of sp³-hybridized carbons (Fsp3) is 0.485. The molecule has 1 amide bonds. The number of rotatable bonds is 13. The monoisotopic (exact) mass is 767 g/mol. The van der Waals surface area contributed by atoms with Gasteiger partial charge in [0.1, 0.15) is 23.8 Å². The molecule has 290 valence electrons. The third kappa shape index (κ3) is 10.0. The Labute approximate surface area is 295 Å². The van der Waals surface area contributed by atoms with Gasteiger partial charge in [-0.1, -0.05) is 6.92 Å². The Morgan fingerprint density at radius 1 is 0.943 bits per heavy atom. The molecular formula is C33H34F9N5O6. The number of hydrogen-bond donors (Lipinski definition) is 3. The number of unbranched alkanes of at least 4 members (excludes halogenated alkanes) is 2. The zero-order valence-electron chi connectivity index (χ0n) is 27.9. The van der Waals surface area contributed by atoms with Gasteiger partial charge >= 0.3 is 30.6 Å². The third-order valence-corrected chi connectivity index (χ3v) is 8.35. The average Bonchev–Trinajstić information content (AvgIpc) is 3.07. The first kappa shape index (κ1) is 41.0. The number of fused-ring (bicyclic) bond motifs is 1. The zero-order valence-corrected chi connectivity index (χ0v) is 27.9. The number of aliphatic carboxylic acids is 1.